The molecule has 0 amide bonds. The van der Waals surface area contributed by atoms with E-state index in [2.05, 4.69) is 4.74 Å². The zero-order chi connectivity index (χ0) is 9.78. The van der Waals surface area contributed by atoms with Crippen molar-refractivity contribution in [1.29, 1.82) is 0 Å². The van der Waals surface area contributed by atoms with Gasteiger partial charge in [0.2, 0.25) is 0 Å². The second-order valence-electron chi connectivity index (χ2n) is 2.59. The highest BCUT2D eigenvalue weighted by atomic mass is 32.2. The average molecular weight is 195 g/mol. The van der Waals surface area contributed by atoms with Gasteiger partial charge in [0.15, 0.2) is 9.84 Å². The molecule has 72 valence electrons. The van der Waals surface area contributed by atoms with Crippen molar-refractivity contribution in [2.45, 2.75) is 13.0 Å². The van der Waals surface area contributed by atoms with Crippen molar-refractivity contribution in [2.24, 2.45) is 5.73 Å². The minimum atomic E-state index is -3.06. The van der Waals surface area contributed by atoms with Gasteiger partial charge in [-0.3, -0.25) is 4.79 Å². The maximum atomic E-state index is 10.7. The molecular formula is C6H13NO4S. The standard InChI is InChI=1S/C6H13NO4S/c1-5(7)6(8)11-3-4-12(2,9)10/h5H,3-4,7H2,1-2H3/t5-/m0/s1. The van der Waals surface area contributed by atoms with E-state index >= 15 is 0 Å². The van der Waals surface area contributed by atoms with Gasteiger partial charge < -0.3 is 10.5 Å². The van der Waals surface area contributed by atoms with E-state index in [9.17, 15) is 13.2 Å². The zero-order valence-electron chi connectivity index (χ0n) is 7.11. The van der Waals surface area contributed by atoms with Gasteiger partial charge in [-0.2, -0.15) is 0 Å². The molecule has 0 saturated heterocycles. The van der Waals surface area contributed by atoms with E-state index in [0.29, 0.717) is 0 Å². The topological polar surface area (TPSA) is 86.5 Å². The first-order valence-electron chi connectivity index (χ1n) is 3.43. The number of nitrogens with two attached hydrogens (primary N) is 1. The molecule has 0 fully saturated rings. The molecule has 2 N–H and O–H groups in total. The van der Waals surface area contributed by atoms with Crippen molar-refractivity contribution < 1.29 is 17.9 Å². The molecule has 0 aliphatic heterocycles. The summed E-state index contributed by atoms with van der Waals surface area (Å²) in [6, 6.07) is -0.704. The Balaban J connectivity index is 3.66. The Bertz CT molecular complexity index is 244. The van der Waals surface area contributed by atoms with Gasteiger partial charge in [-0.05, 0) is 6.92 Å². The van der Waals surface area contributed by atoms with Crippen LogP contribution in [0.3, 0.4) is 0 Å². The number of esters is 1. The van der Waals surface area contributed by atoms with E-state index in [1.807, 2.05) is 0 Å². The van der Waals surface area contributed by atoms with Crippen molar-refractivity contribution in [2.75, 3.05) is 18.6 Å². The van der Waals surface area contributed by atoms with Crippen LogP contribution in [-0.4, -0.2) is 39.0 Å². The van der Waals surface area contributed by atoms with Crippen molar-refractivity contribution in [3.8, 4) is 0 Å². The van der Waals surface area contributed by atoms with Crippen LogP contribution in [-0.2, 0) is 19.4 Å². The van der Waals surface area contributed by atoms with Crippen LogP contribution in [0.15, 0.2) is 0 Å². The first kappa shape index (κ1) is 11.4. The fraction of sp³-hybridized carbons (Fsp3) is 0.833. The average Bonchev–Trinajstić information content (AvgIpc) is 1.84. The van der Waals surface area contributed by atoms with E-state index in [-0.39, 0.29) is 12.4 Å². The number of carbonyl (C=O) groups is 1. The third-order valence-electron chi connectivity index (χ3n) is 1.07. The second-order valence-corrected chi connectivity index (χ2v) is 4.85. The smallest absolute Gasteiger partial charge is 0.322 e. The highest BCUT2D eigenvalue weighted by molar-refractivity contribution is 7.90. The van der Waals surface area contributed by atoms with E-state index in [1.165, 1.54) is 6.92 Å². The third-order valence-corrected chi connectivity index (χ3v) is 1.98. The number of sulfone groups is 1. The lowest BCUT2D eigenvalue weighted by molar-refractivity contribution is -0.144. The minimum absolute atomic E-state index is 0.126. The van der Waals surface area contributed by atoms with Crippen LogP contribution in [0, 0.1) is 0 Å². The molecule has 0 bridgehead atoms. The van der Waals surface area contributed by atoms with Gasteiger partial charge in [-0.1, -0.05) is 0 Å². The number of rotatable bonds is 4. The fourth-order valence-corrected chi connectivity index (χ4v) is 0.811. The summed E-state index contributed by atoms with van der Waals surface area (Å²) in [5.74, 6) is -0.746. The van der Waals surface area contributed by atoms with Gasteiger partial charge in [-0.25, -0.2) is 8.42 Å². The van der Waals surface area contributed by atoms with Gasteiger partial charge in [0.25, 0.3) is 0 Å². The summed E-state index contributed by atoms with van der Waals surface area (Å²) in [5.41, 5.74) is 5.16. The maximum Gasteiger partial charge on any atom is 0.322 e. The van der Waals surface area contributed by atoms with Gasteiger partial charge in [0, 0.05) is 6.26 Å². The molecule has 0 unspecified atom stereocenters. The normalized spacial score (nSPS) is 13.9. The molecule has 0 aromatic heterocycles. The third kappa shape index (κ3) is 6.11. The van der Waals surface area contributed by atoms with E-state index < -0.39 is 21.8 Å². The highest BCUT2D eigenvalue weighted by Gasteiger charge is 2.09. The fourth-order valence-electron chi connectivity index (χ4n) is 0.425. The summed E-state index contributed by atoms with van der Waals surface area (Å²) in [4.78, 5) is 10.7. The lowest BCUT2D eigenvalue weighted by Gasteiger charge is -2.05. The molecule has 0 spiro atoms. The predicted octanol–water partition coefficient (Wildman–Crippen LogP) is -1.08. The summed E-state index contributed by atoms with van der Waals surface area (Å²) >= 11 is 0. The first-order chi connectivity index (χ1) is 5.33. The van der Waals surface area contributed by atoms with E-state index in [0.717, 1.165) is 6.26 Å². The quantitative estimate of drug-likeness (QED) is 0.577. The lowest BCUT2D eigenvalue weighted by Crippen LogP contribution is -2.30. The van der Waals surface area contributed by atoms with Gasteiger partial charge >= 0.3 is 5.97 Å². The summed E-state index contributed by atoms with van der Waals surface area (Å²) in [7, 11) is -3.06. The van der Waals surface area contributed by atoms with Gasteiger partial charge in [0.1, 0.15) is 12.6 Å². The number of carbonyl (C=O) groups excluding carboxylic acids is 1. The van der Waals surface area contributed by atoms with Crippen molar-refractivity contribution in [3.63, 3.8) is 0 Å². The van der Waals surface area contributed by atoms with Crippen LogP contribution in [0.25, 0.3) is 0 Å². The molecular weight excluding hydrogens is 182 g/mol. The SMILES string of the molecule is C[C@H](N)C(=O)OCCS(C)(=O)=O. The number of ether oxygens (including phenoxy) is 1. The molecule has 0 rings (SSSR count). The summed E-state index contributed by atoms with van der Waals surface area (Å²) in [6.07, 6.45) is 1.08. The lowest BCUT2D eigenvalue weighted by atomic mass is 10.4. The number of hydrogen-bond donors (Lipinski definition) is 1. The van der Waals surface area contributed by atoms with E-state index in [4.69, 9.17) is 5.73 Å². The molecule has 5 nitrogen and oxygen atoms in total. The van der Waals surface area contributed by atoms with Crippen molar-refractivity contribution in [1.82, 2.24) is 0 Å². The Morgan fingerprint density at radius 1 is 1.58 bits per heavy atom. The molecule has 0 aliphatic carbocycles. The highest BCUT2D eigenvalue weighted by Crippen LogP contribution is 1.87. The molecule has 0 aliphatic rings. The molecule has 1 atom stereocenters. The Hall–Kier alpha value is -0.620. The van der Waals surface area contributed by atoms with Crippen LogP contribution in [0.1, 0.15) is 6.92 Å². The van der Waals surface area contributed by atoms with Crippen LogP contribution < -0.4 is 5.73 Å². The Labute approximate surface area is 71.8 Å². The second kappa shape index (κ2) is 4.42. The van der Waals surface area contributed by atoms with Crippen molar-refractivity contribution >= 4 is 15.8 Å². The van der Waals surface area contributed by atoms with Crippen LogP contribution in [0.5, 0.6) is 0 Å². The molecule has 0 heterocycles. The molecule has 12 heavy (non-hydrogen) atoms. The monoisotopic (exact) mass is 195 g/mol. The maximum absolute atomic E-state index is 10.7. The summed E-state index contributed by atoms with van der Waals surface area (Å²) < 4.78 is 25.7. The Morgan fingerprint density at radius 2 is 2.08 bits per heavy atom. The van der Waals surface area contributed by atoms with Crippen LogP contribution in [0.2, 0.25) is 0 Å². The zero-order valence-corrected chi connectivity index (χ0v) is 7.93. The first-order valence-corrected chi connectivity index (χ1v) is 5.49. The molecule has 0 aromatic rings. The Morgan fingerprint density at radius 3 is 2.42 bits per heavy atom. The van der Waals surface area contributed by atoms with Gasteiger partial charge in [0.05, 0.1) is 5.75 Å². The Kier molecular flexibility index (Phi) is 4.19. The molecule has 0 saturated carbocycles. The van der Waals surface area contributed by atoms with Crippen LogP contribution >= 0.6 is 0 Å². The van der Waals surface area contributed by atoms with E-state index in [1.54, 1.807) is 0 Å². The van der Waals surface area contributed by atoms with Crippen molar-refractivity contribution in [3.05, 3.63) is 0 Å². The number of hydrogen-bond acceptors (Lipinski definition) is 5. The van der Waals surface area contributed by atoms with Crippen LogP contribution in [0.4, 0.5) is 0 Å². The summed E-state index contributed by atoms with van der Waals surface area (Å²) in [6.45, 7) is 1.35. The molecule has 0 aromatic carbocycles. The predicted molar refractivity (Wildman–Crippen MR) is 44.3 cm³/mol. The minimum Gasteiger partial charge on any atom is -0.463 e. The largest absolute Gasteiger partial charge is 0.463 e. The molecule has 0 radical (unpaired) electrons. The summed E-state index contributed by atoms with van der Waals surface area (Å²) in [5, 5.41) is 0. The molecule has 6 heteroatoms. The van der Waals surface area contributed by atoms with Gasteiger partial charge in [-0.15, -0.1) is 0 Å².